The minimum absolute atomic E-state index is 0.258. The monoisotopic (exact) mass is 330 g/mol. The lowest BCUT2D eigenvalue weighted by Crippen LogP contribution is -2.54. The van der Waals surface area contributed by atoms with E-state index in [0.717, 1.165) is 24.2 Å². The van der Waals surface area contributed by atoms with Crippen LogP contribution in [0.3, 0.4) is 0 Å². The number of alkyl halides is 3. The van der Waals surface area contributed by atoms with Crippen LogP contribution in [0, 0.1) is 0 Å². The molecule has 1 N–H and O–H groups in total. The van der Waals surface area contributed by atoms with Crippen molar-refractivity contribution in [1.82, 2.24) is 10.2 Å². The lowest BCUT2D eigenvalue weighted by molar-refractivity contribution is -0.146. The number of benzene rings is 1. The highest BCUT2D eigenvalue weighted by Crippen LogP contribution is 2.29. The van der Waals surface area contributed by atoms with Gasteiger partial charge in [0.2, 0.25) is 0 Å². The summed E-state index contributed by atoms with van der Waals surface area (Å²) in [6.07, 6.45) is -3.66. The van der Waals surface area contributed by atoms with Gasteiger partial charge in [-0.2, -0.15) is 13.2 Å². The molecule has 1 atom stereocenters. The predicted molar refractivity (Wildman–Crippen MR) is 80.0 cm³/mol. The van der Waals surface area contributed by atoms with Crippen LogP contribution in [0.2, 0.25) is 0 Å². The maximum absolute atomic E-state index is 12.5. The first-order valence-corrected chi connectivity index (χ1v) is 7.68. The quantitative estimate of drug-likeness (QED) is 0.840. The van der Waals surface area contributed by atoms with Crippen LogP contribution in [-0.4, -0.2) is 49.7 Å². The van der Waals surface area contributed by atoms with Gasteiger partial charge in [0, 0.05) is 26.2 Å². The molecule has 0 saturated carbocycles. The number of carbonyl (C=O) groups is 1. The molecule has 128 valence electrons. The highest BCUT2D eigenvalue weighted by molar-refractivity contribution is 5.76. The molecule has 1 aromatic rings. The Balaban J connectivity index is 1.84. The fourth-order valence-corrected chi connectivity index (χ4v) is 2.56. The molecule has 1 aromatic carbocycles. The van der Waals surface area contributed by atoms with Gasteiger partial charge in [0.05, 0.1) is 12.2 Å². The van der Waals surface area contributed by atoms with Crippen molar-refractivity contribution in [3.05, 3.63) is 35.4 Å². The van der Waals surface area contributed by atoms with Crippen molar-refractivity contribution in [2.45, 2.75) is 25.6 Å². The normalized spacial score (nSPS) is 19.6. The maximum atomic E-state index is 12.5. The first kappa shape index (κ1) is 17.7. The van der Waals surface area contributed by atoms with Gasteiger partial charge in [-0.05, 0) is 31.0 Å². The number of ether oxygens (including phenoxy) is 1. The Kier molecular flexibility index (Phi) is 6.01. The Morgan fingerprint density at radius 1 is 1.35 bits per heavy atom. The van der Waals surface area contributed by atoms with Crippen LogP contribution in [-0.2, 0) is 22.1 Å². The molecule has 0 spiro atoms. The smallest absolute Gasteiger partial charge is 0.416 e. The zero-order valence-corrected chi connectivity index (χ0v) is 13.0. The van der Waals surface area contributed by atoms with Gasteiger partial charge in [-0.25, -0.2) is 0 Å². The first-order chi connectivity index (χ1) is 10.9. The van der Waals surface area contributed by atoms with E-state index in [1.54, 1.807) is 6.92 Å². The number of rotatable bonds is 5. The third kappa shape index (κ3) is 5.21. The maximum Gasteiger partial charge on any atom is 0.416 e. The van der Waals surface area contributed by atoms with Gasteiger partial charge < -0.3 is 10.1 Å². The minimum Gasteiger partial charge on any atom is -0.465 e. The number of esters is 1. The molecule has 7 heteroatoms. The van der Waals surface area contributed by atoms with Crippen molar-refractivity contribution >= 4 is 5.97 Å². The number of hydrogen-bond acceptors (Lipinski definition) is 4. The highest BCUT2D eigenvalue weighted by Gasteiger charge is 2.30. The lowest BCUT2D eigenvalue weighted by atomic mass is 10.1. The number of carbonyl (C=O) groups excluding carboxylic acids is 1. The average Bonchev–Trinajstić information content (AvgIpc) is 2.53. The van der Waals surface area contributed by atoms with Crippen molar-refractivity contribution in [3.63, 3.8) is 0 Å². The molecule has 0 radical (unpaired) electrons. The Bertz CT molecular complexity index is 517. The van der Waals surface area contributed by atoms with Crippen molar-refractivity contribution in [2.24, 2.45) is 0 Å². The van der Waals surface area contributed by atoms with Crippen LogP contribution in [0.15, 0.2) is 24.3 Å². The van der Waals surface area contributed by atoms with Gasteiger partial charge in [0.15, 0.2) is 0 Å². The molecule has 2 rings (SSSR count). The van der Waals surface area contributed by atoms with Gasteiger partial charge in [0.1, 0.15) is 6.04 Å². The molecule has 1 heterocycles. The van der Waals surface area contributed by atoms with Gasteiger partial charge in [-0.15, -0.1) is 0 Å². The second kappa shape index (κ2) is 7.79. The minimum atomic E-state index is -4.30. The third-order valence-corrected chi connectivity index (χ3v) is 3.83. The van der Waals surface area contributed by atoms with Crippen LogP contribution in [0.25, 0.3) is 0 Å². The van der Waals surface area contributed by atoms with E-state index in [9.17, 15) is 18.0 Å². The largest absolute Gasteiger partial charge is 0.465 e. The molecule has 0 bridgehead atoms. The molecule has 23 heavy (non-hydrogen) atoms. The van der Waals surface area contributed by atoms with E-state index in [1.807, 2.05) is 0 Å². The van der Waals surface area contributed by atoms with Crippen LogP contribution >= 0.6 is 0 Å². The van der Waals surface area contributed by atoms with E-state index < -0.39 is 11.7 Å². The molecular weight excluding hydrogens is 309 g/mol. The van der Waals surface area contributed by atoms with E-state index in [1.165, 1.54) is 12.1 Å². The molecule has 1 aliphatic heterocycles. The van der Waals surface area contributed by atoms with Crippen molar-refractivity contribution < 1.29 is 22.7 Å². The van der Waals surface area contributed by atoms with Crippen LogP contribution < -0.4 is 5.32 Å². The number of piperazine rings is 1. The van der Waals surface area contributed by atoms with E-state index in [-0.39, 0.29) is 12.0 Å². The van der Waals surface area contributed by atoms with Gasteiger partial charge in [-0.1, -0.05) is 12.1 Å². The summed E-state index contributed by atoms with van der Waals surface area (Å²) in [5.74, 6) is -0.258. The molecule has 0 aliphatic carbocycles. The Hall–Kier alpha value is -1.60. The molecule has 4 nitrogen and oxygen atoms in total. The molecule has 0 unspecified atom stereocenters. The van der Waals surface area contributed by atoms with Crippen LogP contribution in [0.1, 0.15) is 18.1 Å². The Morgan fingerprint density at radius 2 is 2.04 bits per heavy atom. The standard InChI is InChI=1S/C16H21F3N2O2/c1-2-23-15(22)14-11-21(10-8-20-14)9-7-12-3-5-13(6-4-12)16(17,18)19/h3-6,14,20H,2,7-11H2,1H3/t14-/m0/s1. The lowest BCUT2D eigenvalue weighted by Gasteiger charge is -2.32. The summed E-state index contributed by atoms with van der Waals surface area (Å²) < 4.78 is 42.6. The fraction of sp³-hybridized carbons (Fsp3) is 0.562. The zero-order chi connectivity index (χ0) is 16.9. The second-order valence-electron chi connectivity index (χ2n) is 5.50. The topological polar surface area (TPSA) is 41.6 Å². The summed E-state index contributed by atoms with van der Waals surface area (Å²) in [7, 11) is 0. The summed E-state index contributed by atoms with van der Waals surface area (Å²) in [5, 5.41) is 3.11. The fourth-order valence-electron chi connectivity index (χ4n) is 2.56. The second-order valence-corrected chi connectivity index (χ2v) is 5.50. The number of hydrogen-bond donors (Lipinski definition) is 1. The molecule has 1 saturated heterocycles. The Morgan fingerprint density at radius 3 is 2.65 bits per heavy atom. The molecular formula is C16H21F3N2O2. The third-order valence-electron chi connectivity index (χ3n) is 3.83. The van der Waals surface area contributed by atoms with E-state index in [4.69, 9.17) is 4.74 Å². The van der Waals surface area contributed by atoms with E-state index in [0.29, 0.717) is 32.7 Å². The summed E-state index contributed by atoms with van der Waals surface area (Å²) in [6.45, 7) is 4.86. The summed E-state index contributed by atoms with van der Waals surface area (Å²) >= 11 is 0. The van der Waals surface area contributed by atoms with Gasteiger partial charge in [-0.3, -0.25) is 9.69 Å². The van der Waals surface area contributed by atoms with Crippen molar-refractivity contribution in [1.29, 1.82) is 0 Å². The summed E-state index contributed by atoms with van der Waals surface area (Å²) in [5.41, 5.74) is 0.218. The summed E-state index contributed by atoms with van der Waals surface area (Å²) in [4.78, 5) is 13.9. The molecule has 0 amide bonds. The van der Waals surface area contributed by atoms with Crippen LogP contribution in [0.4, 0.5) is 13.2 Å². The first-order valence-electron chi connectivity index (χ1n) is 7.68. The SMILES string of the molecule is CCOC(=O)[C@@H]1CN(CCc2ccc(C(F)(F)F)cc2)CCN1. The van der Waals surface area contributed by atoms with E-state index >= 15 is 0 Å². The molecule has 1 fully saturated rings. The van der Waals surface area contributed by atoms with Crippen LogP contribution in [0.5, 0.6) is 0 Å². The number of nitrogens with zero attached hydrogens (tertiary/aromatic N) is 1. The summed E-state index contributed by atoms with van der Waals surface area (Å²) in [6, 6.07) is 4.89. The highest BCUT2D eigenvalue weighted by atomic mass is 19.4. The average molecular weight is 330 g/mol. The molecule has 0 aromatic heterocycles. The van der Waals surface area contributed by atoms with Crippen molar-refractivity contribution in [2.75, 3.05) is 32.8 Å². The molecule has 1 aliphatic rings. The van der Waals surface area contributed by atoms with E-state index in [2.05, 4.69) is 10.2 Å². The predicted octanol–water partition coefficient (Wildman–Crippen LogP) is 2.08. The van der Waals surface area contributed by atoms with Gasteiger partial charge in [0.25, 0.3) is 0 Å². The zero-order valence-electron chi connectivity index (χ0n) is 13.0. The van der Waals surface area contributed by atoms with Gasteiger partial charge >= 0.3 is 12.1 Å². The van der Waals surface area contributed by atoms with Crippen molar-refractivity contribution in [3.8, 4) is 0 Å². The number of halogens is 3. The number of nitrogens with one attached hydrogen (secondary N) is 1. The Labute approximate surface area is 133 Å².